The number of hydrogen-bond donors (Lipinski definition) is 2. The van der Waals surface area contributed by atoms with Gasteiger partial charge in [0.2, 0.25) is 11.7 Å². The quantitative estimate of drug-likeness (QED) is 0.444. The molecule has 0 spiro atoms. The van der Waals surface area contributed by atoms with Crippen LogP contribution in [0.4, 0.5) is 0 Å². The van der Waals surface area contributed by atoms with Crippen LogP contribution in [0.3, 0.4) is 0 Å². The Labute approximate surface area is 228 Å². The SMILES string of the molecule is CC1=C(O)C(=O)C=C2C1=CC=C1[C@@]2(C)CC[C@@]2(C)[C@@H]3C[C@](C)(C(=O)N4CCNCC4)CC[C@]3(C)CC[C@]12C. The lowest BCUT2D eigenvalue weighted by Gasteiger charge is -2.70. The number of allylic oxidation sites excluding steroid dienone is 7. The summed E-state index contributed by atoms with van der Waals surface area (Å²) in [5.74, 6) is 0.468. The van der Waals surface area contributed by atoms with Crippen LogP contribution < -0.4 is 5.32 Å². The van der Waals surface area contributed by atoms with Crippen molar-refractivity contribution in [1.29, 1.82) is 0 Å². The number of ketones is 1. The molecule has 6 rings (SSSR count). The third kappa shape index (κ3) is 3.26. The number of piperazine rings is 1. The Kier molecular flexibility index (Phi) is 5.63. The summed E-state index contributed by atoms with van der Waals surface area (Å²) in [5, 5.41) is 13.8. The molecule has 0 bridgehead atoms. The van der Waals surface area contributed by atoms with Gasteiger partial charge < -0.3 is 15.3 Å². The highest BCUT2D eigenvalue weighted by Gasteiger charge is 2.67. The second-order valence-electron chi connectivity index (χ2n) is 14.7. The van der Waals surface area contributed by atoms with E-state index in [1.807, 2.05) is 6.92 Å². The predicted molar refractivity (Wildman–Crippen MR) is 150 cm³/mol. The van der Waals surface area contributed by atoms with E-state index in [2.05, 4.69) is 57.0 Å². The van der Waals surface area contributed by atoms with Crippen molar-refractivity contribution in [3.63, 3.8) is 0 Å². The van der Waals surface area contributed by atoms with E-state index in [1.165, 1.54) is 12.0 Å². The Morgan fingerprint density at radius 3 is 2.37 bits per heavy atom. The van der Waals surface area contributed by atoms with Gasteiger partial charge in [0.1, 0.15) is 0 Å². The molecular weight excluding hydrogens is 472 g/mol. The van der Waals surface area contributed by atoms with Crippen LogP contribution in [0, 0.1) is 33.0 Å². The lowest BCUT2D eigenvalue weighted by atomic mass is 9.34. The van der Waals surface area contributed by atoms with Crippen molar-refractivity contribution in [1.82, 2.24) is 10.2 Å². The molecule has 3 saturated carbocycles. The molecule has 5 aliphatic carbocycles. The number of nitrogens with one attached hydrogen (secondary N) is 1. The van der Waals surface area contributed by atoms with Crippen molar-refractivity contribution < 1.29 is 14.7 Å². The Morgan fingerprint density at radius 1 is 0.974 bits per heavy atom. The van der Waals surface area contributed by atoms with Gasteiger partial charge in [-0.2, -0.15) is 0 Å². The normalized spacial score (nSPS) is 44.7. The first kappa shape index (κ1) is 26.1. The number of aliphatic hydroxyl groups excluding tert-OH is 1. The molecule has 5 heteroatoms. The number of hydrogen-bond acceptors (Lipinski definition) is 4. The average Bonchev–Trinajstić information content (AvgIpc) is 2.90. The molecule has 1 saturated heterocycles. The van der Waals surface area contributed by atoms with E-state index in [9.17, 15) is 14.7 Å². The van der Waals surface area contributed by atoms with Crippen LogP contribution in [0.2, 0.25) is 0 Å². The van der Waals surface area contributed by atoms with Crippen molar-refractivity contribution in [2.75, 3.05) is 26.2 Å². The average molecular weight is 519 g/mol. The van der Waals surface area contributed by atoms with Gasteiger partial charge in [-0.3, -0.25) is 9.59 Å². The topological polar surface area (TPSA) is 69.6 Å². The van der Waals surface area contributed by atoms with Gasteiger partial charge in [0.15, 0.2) is 5.76 Å². The molecule has 0 radical (unpaired) electrons. The van der Waals surface area contributed by atoms with Crippen LogP contribution in [-0.2, 0) is 9.59 Å². The van der Waals surface area contributed by atoms with Crippen LogP contribution in [0.15, 0.2) is 46.3 Å². The van der Waals surface area contributed by atoms with Gasteiger partial charge in [0.05, 0.1) is 0 Å². The highest BCUT2D eigenvalue weighted by Crippen LogP contribution is 2.75. The van der Waals surface area contributed by atoms with Crippen molar-refractivity contribution >= 4 is 11.7 Å². The van der Waals surface area contributed by atoms with Gasteiger partial charge in [0, 0.05) is 42.6 Å². The van der Waals surface area contributed by atoms with Gasteiger partial charge >= 0.3 is 0 Å². The molecule has 5 nitrogen and oxygen atoms in total. The Hall–Kier alpha value is -2.14. The fourth-order valence-electron chi connectivity index (χ4n) is 9.90. The van der Waals surface area contributed by atoms with E-state index >= 15 is 0 Å². The molecule has 6 atom stereocenters. The zero-order valence-electron chi connectivity index (χ0n) is 24.3. The highest BCUT2D eigenvalue weighted by molar-refractivity contribution is 6.06. The summed E-state index contributed by atoms with van der Waals surface area (Å²) in [6.45, 7) is 17.4. The van der Waals surface area contributed by atoms with E-state index in [-0.39, 0.29) is 38.6 Å². The number of amides is 1. The molecule has 6 aliphatic rings. The number of rotatable bonds is 1. The first-order chi connectivity index (χ1) is 17.8. The number of nitrogens with zero attached hydrogens (tertiary/aromatic N) is 1. The molecule has 2 N–H and O–H groups in total. The summed E-state index contributed by atoms with van der Waals surface area (Å²) in [6.07, 6.45) is 13.7. The van der Waals surface area contributed by atoms with Crippen LogP contribution in [0.1, 0.15) is 86.5 Å². The Morgan fingerprint density at radius 2 is 1.66 bits per heavy atom. The van der Waals surface area contributed by atoms with Crippen molar-refractivity contribution in [3.8, 4) is 0 Å². The van der Waals surface area contributed by atoms with Crippen LogP contribution in [-0.4, -0.2) is 47.9 Å². The lowest BCUT2D eigenvalue weighted by Crippen LogP contribution is -2.63. The third-order valence-corrected chi connectivity index (χ3v) is 12.8. The van der Waals surface area contributed by atoms with Crippen molar-refractivity contribution in [2.45, 2.75) is 86.5 Å². The Bertz CT molecular complexity index is 1230. The number of carbonyl (C=O) groups is 2. The molecule has 206 valence electrons. The first-order valence-electron chi connectivity index (χ1n) is 14.9. The van der Waals surface area contributed by atoms with Gasteiger partial charge in [-0.25, -0.2) is 0 Å². The minimum Gasteiger partial charge on any atom is -0.504 e. The second-order valence-corrected chi connectivity index (χ2v) is 14.7. The van der Waals surface area contributed by atoms with Crippen LogP contribution in [0.5, 0.6) is 0 Å². The summed E-state index contributed by atoms with van der Waals surface area (Å²) < 4.78 is 0. The number of fused-ring (bicyclic) bond motifs is 7. The summed E-state index contributed by atoms with van der Waals surface area (Å²) in [4.78, 5) is 28.8. The first-order valence-corrected chi connectivity index (χ1v) is 14.9. The Balaban J connectivity index is 1.40. The van der Waals surface area contributed by atoms with Crippen LogP contribution in [0.25, 0.3) is 0 Å². The van der Waals surface area contributed by atoms with E-state index in [4.69, 9.17) is 0 Å². The molecule has 1 heterocycles. The van der Waals surface area contributed by atoms with Gasteiger partial charge in [-0.1, -0.05) is 52.3 Å². The van der Waals surface area contributed by atoms with E-state index < -0.39 is 0 Å². The van der Waals surface area contributed by atoms with E-state index in [0.717, 1.165) is 75.9 Å². The van der Waals surface area contributed by atoms with Crippen LogP contribution >= 0.6 is 0 Å². The maximum atomic E-state index is 13.9. The number of aliphatic hydroxyl groups is 1. The fourth-order valence-corrected chi connectivity index (χ4v) is 9.90. The minimum atomic E-state index is -0.296. The molecular formula is C33H46N2O3. The maximum Gasteiger partial charge on any atom is 0.228 e. The molecule has 0 aromatic carbocycles. The largest absolute Gasteiger partial charge is 0.504 e. The van der Waals surface area contributed by atoms with Gasteiger partial charge in [0.25, 0.3) is 0 Å². The molecule has 38 heavy (non-hydrogen) atoms. The molecule has 1 aliphatic heterocycles. The van der Waals surface area contributed by atoms with Gasteiger partial charge in [-0.15, -0.1) is 0 Å². The second kappa shape index (κ2) is 8.19. The summed E-state index contributed by atoms with van der Waals surface area (Å²) in [5.41, 5.74) is 4.09. The zero-order chi connectivity index (χ0) is 27.3. The molecule has 0 aromatic heterocycles. The van der Waals surface area contributed by atoms with Crippen molar-refractivity contribution in [3.05, 3.63) is 46.3 Å². The maximum absolute atomic E-state index is 13.9. The monoisotopic (exact) mass is 518 g/mol. The number of carbonyl (C=O) groups excluding carboxylic acids is 2. The highest BCUT2D eigenvalue weighted by atomic mass is 16.3. The third-order valence-electron chi connectivity index (χ3n) is 12.8. The lowest BCUT2D eigenvalue weighted by molar-refractivity contribution is -0.174. The minimum absolute atomic E-state index is 0.0104. The van der Waals surface area contributed by atoms with Gasteiger partial charge in [-0.05, 0) is 91.3 Å². The predicted octanol–water partition coefficient (Wildman–Crippen LogP) is 6.04. The van der Waals surface area contributed by atoms with Crippen molar-refractivity contribution in [2.24, 2.45) is 33.0 Å². The van der Waals surface area contributed by atoms with E-state index in [0.29, 0.717) is 17.4 Å². The summed E-state index contributed by atoms with van der Waals surface area (Å²) in [7, 11) is 0. The molecule has 0 aromatic rings. The fraction of sp³-hybridized carbons (Fsp3) is 0.697. The summed E-state index contributed by atoms with van der Waals surface area (Å²) >= 11 is 0. The zero-order valence-corrected chi connectivity index (χ0v) is 24.3. The van der Waals surface area contributed by atoms with E-state index in [1.54, 1.807) is 6.08 Å². The smallest absolute Gasteiger partial charge is 0.228 e. The molecule has 1 amide bonds. The standard InChI is InChI=1S/C33H46N2O3/c1-21-22-7-8-25-31(4,23(22)19-24(36)27(21)37)12-14-33(6)26-20-30(3,28(38)35-17-15-34-16-18-35)10-9-29(26,2)11-13-32(25,33)5/h7-8,19,26,34,37H,9-18,20H2,1-6H3/t26-,29-,30-,31+,32-,33+/m1/s1. The molecule has 0 unspecified atom stereocenters. The molecule has 4 fully saturated rings. The summed E-state index contributed by atoms with van der Waals surface area (Å²) in [6, 6.07) is 0.